The minimum absolute atomic E-state index is 0.112. The van der Waals surface area contributed by atoms with Gasteiger partial charge in [-0.25, -0.2) is 0 Å². The lowest BCUT2D eigenvalue weighted by atomic mass is 10.0. The number of hydrogen-bond acceptors (Lipinski definition) is 2. The Labute approximate surface area is 114 Å². The second-order valence-electron chi connectivity index (χ2n) is 3.90. The van der Waals surface area contributed by atoms with E-state index in [9.17, 15) is 8.78 Å². The fraction of sp³-hybridized carbons (Fsp3) is 0.467. The average molecular weight is 272 g/mol. The van der Waals surface area contributed by atoms with Crippen molar-refractivity contribution in [3.05, 3.63) is 36.4 Å². The van der Waals surface area contributed by atoms with E-state index < -0.39 is 6.29 Å². The largest absolute Gasteiger partial charge is 0.586 e. The highest BCUT2D eigenvalue weighted by Crippen LogP contribution is 2.45. The Kier molecular flexibility index (Phi) is 7.12. The summed E-state index contributed by atoms with van der Waals surface area (Å²) in [6, 6.07) is 4.91. The molecule has 0 aliphatic carbocycles. The second kappa shape index (κ2) is 7.77. The first-order chi connectivity index (χ1) is 8.91. The van der Waals surface area contributed by atoms with Crippen LogP contribution in [-0.2, 0) is 0 Å². The van der Waals surface area contributed by atoms with Gasteiger partial charge in [0.1, 0.15) is 0 Å². The predicted octanol–water partition coefficient (Wildman–Crippen LogP) is 5.35. The summed E-state index contributed by atoms with van der Waals surface area (Å²) in [7, 11) is 0. The third-order valence-corrected chi connectivity index (χ3v) is 2.08. The molecule has 0 saturated carbocycles. The molecule has 1 aliphatic heterocycles. The van der Waals surface area contributed by atoms with Crippen molar-refractivity contribution in [3.8, 4) is 11.5 Å². The van der Waals surface area contributed by atoms with E-state index >= 15 is 0 Å². The average Bonchev–Trinajstić information content (AvgIpc) is 2.65. The van der Waals surface area contributed by atoms with E-state index in [-0.39, 0.29) is 17.4 Å². The van der Waals surface area contributed by atoms with Gasteiger partial charge in [-0.1, -0.05) is 45.9 Å². The zero-order valence-electron chi connectivity index (χ0n) is 12.2. The minimum atomic E-state index is -3.52. The van der Waals surface area contributed by atoms with Gasteiger partial charge in [-0.2, -0.15) is 0 Å². The molecule has 2 nitrogen and oxygen atoms in total. The zero-order valence-corrected chi connectivity index (χ0v) is 12.2. The van der Waals surface area contributed by atoms with E-state index in [1.807, 2.05) is 34.6 Å². The van der Waals surface area contributed by atoms with Gasteiger partial charge >= 0.3 is 6.29 Å². The molecule has 0 fully saturated rings. The topological polar surface area (TPSA) is 18.5 Å². The van der Waals surface area contributed by atoms with Crippen LogP contribution in [0.4, 0.5) is 8.78 Å². The summed E-state index contributed by atoms with van der Waals surface area (Å²) in [4.78, 5) is 0. The van der Waals surface area contributed by atoms with E-state index in [4.69, 9.17) is 0 Å². The van der Waals surface area contributed by atoms with Crippen LogP contribution in [0.5, 0.6) is 11.5 Å². The van der Waals surface area contributed by atoms with Crippen LogP contribution in [0.25, 0.3) is 0 Å². The zero-order chi connectivity index (χ0) is 15.1. The van der Waals surface area contributed by atoms with Crippen LogP contribution in [0, 0.1) is 0 Å². The molecular weight excluding hydrogens is 250 g/mol. The Hall–Kier alpha value is -1.58. The smallest absolute Gasteiger partial charge is 0.395 e. The molecule has 0 radical (unpaired) electrons. The molecule has 0 N–H and O–H groups in total. The quantitative estimate of drug-likeness (QED) is 0.641. The van der Waals surface area contributed by atoms with E-state index in [0.29, 0.717) is 0 Å². The molecule has 1 aromatic rings. The summed E-state index contributed by atoms with van der Waals surface area (Å²) >= 11 is 0. The Morgan fingerprint density at radius 2 is 1.74 bits per heavy atom. The van der Waals surface area contributed by atoms with Crippen molar-refractivity contribution >= 4 is 0 Å². The molecule has 1 aromatic carbocycles. The molecule has 4 heteroatoms. The van der Waals surface area contributed by atoms with Crippen LogP contribution in [0.1, 0.15) is 46.1 Å². The summed E-state index contributed by atoms with van der Waals surface area (Å²) in [5, 5.41) is 0. The number of fused-ring (bicyclic) bond motifs is 1. The normalized spacial score (nSPS) is 13.9. The van der Waals surface area contributed by atoms with E-state index in [1.165, 1.54) is 6.07 Å². The first-order valence-electron chi connectivity index (χ1n) is 6.37. The third kappa shape index (κ3) is 4.89. The van der Waals surface area contributed by atoms with Crippen LogP contribution >= 0.6 is 0 Å². The van der Waals surface area contributed by atoms with Gasteiger partial charge in [-0.3, -0.25) is 0 Å². The standard InChI is InChI=1S/C10H10F2O2.C3H6.C2H6/c1-6(2)7-4-3-5-8-9(7)14-10(11,12)13-8;1-3-2;1-2/h3-6H,1-2H3;3H,1H2,2H3;1-2H3. The van der Waals surface area contributed by atoms with Gasteiger partial charge in [-0.05, 0) is 18.9 Å². The molecule has 0 unspecified atom stereocenters. The third-order valence-electron chi connectivity index (χ3n) is 2.08. The maximum Gasteiger partial charge on any atom is 0.586 e. The maximum absolute atomic E-state index is 12.7. The monoisotopic (exact) mass is 272 g/mol. The number of para-hydroxylation sites is 1. The maximum atomic E-state index is 12.7. The van der Waals surface area contributed by atoms with Crippen molar-refractivity contribution in [2.75, 3.05) is 0 Å². The summed E-state index contributed by atoms with van der Waals surface area (Å²) < 4.78 is 34.2. The van der Waals surface area contributed by atoms with Crippen LogP contribution in [0.3, 0.4) is 0 Å². The van der Waals surface area contributed by atoms with Crippen molar-refractivity contribution in [2.45, 2.75) is 46.8 Å². The molecule has 1 aliphatic rings. The molecule has 0 bridgehead atoms. The molecule has 1 heterocycles. The van der Waals surface area contributed by atoms with Crippen LogP contribution in [0.2, 0.25) is 0 Å². The lowest BCUT2D eigenvalue weighted by molar-refractivity contribution is -0.287. The van der Waals surface area contributed by atoms with Crippen LogP contribution in [-0.4, -0.2) is 6.29 Å². The van der Waals surface area contributed by atoms with E-state index in [0.717, 1.165) is 5.56 Å². The number of allylic oxidation sites excluding steroid dienone is 1. The highest BCUT2D eigenvalue weighted by atomic mass is 19.3. The molecular formula is C15H22F2O2. The van der Waals surface area contributed by atoms with Gasteiger partial charge in [0.05, 0.1) is 0 Å². The minimum Gasteiger partial charge on any atom is -0.395 e. The second-order valence-corrected chi connectivity index (χ2v) is 3.90. The van der Waals surface area contributed by atoms with Crippen molar-refractivity contribution < 1.29 is 18.3 Å². The summed E-state index contributed by atoms with van der Waals surface area (Å²) in [6.07, 6.45) is -1.77. The molecule has 0 atom stereocenters. The Morgan fingerprint density at radius 3 is 2.21 bits per heavy atom. The van der Waals surface area contributed by atoms with Crippen LogP contribution in [0.15, 0.2) is 30.9 Å². The molecule has 108 valence electrons. The van der Waals surface area contributed by atoms with Crippen LogP contribution < -0.4 is 9.47 Å². The van der Waals surface area contributed by atoms with Gasteiger partial charge in [0.15, 0.2) is 11.5 Å². The lowest BCUT2D eigenvalue weighted by Crippen LogP contribution is -2.26. The first-order valence-corrected chi connectivity index (χ1v) is 6.37. The Morgan fingerprint density at radius 1 is 1.21 bits per heavy atom. The highest BCUT2D eigenvalue weighted by Gasteiger charge is 2.44. The van der Waals surface area contributed by atoms with E-state index in [2.05, 4.69) is 16.1 Å². The summed E-state index contributed by atoms with van der Waals surface area (Å²) in [5.74, 6) is 0.399. The molecule has 0 saturated heterocycles. The first kappa shape index (κ1) is 17.4. The fourth-order valence-corrected chi connectivity index (χ4v) is 1.44. The Bertz CT molecular complexity index is 401. The molecule has 0 spiro atoms. The number of hydrogen-bond donors (Lipinski definition) is 0. The van der Waals surface area contributed by atoms with Gasteiger partial charge < -0.3 is 9.47 Å². The highest BCUT2D eigenvalue weighted by molar-refractivity contribution is 5.49. The van der Waals surface area contributed by atoms with Gasteiger partial charge in [0.25, 0.3) is 0 Å². The van der Waals surface area contributed by atoms with Crippen molar-refractivity contribution in [2.24, 2.45) is 0 Å². The molecule has 19 heavy (non-hydrogen) atoms. The molecule has 0 aromatic heterocycles. The van der Waals surface area contributed by atoms with E-state index in [1.54, 1.807) is 18.2 Å². The fourth-order valence-electron chi connectivity index (χ4n) is 1.44. The van der Waals surface area contributed by atoms with Crippen molar-refractivity contribution in [1.29, 1.82) is 0 Å². The van der Waals surface area contributed by atoms with Gasteiger partial charge in [0.2, 0.25) is 0 Å². The molecule has 2 rings (SSSR count). The number of ether oxygens (including phenoxy) is 2. The Balaban J connectivity index is 0.000000573. The van der Waals surface area contributed by atoms with Gasteiger partial charge in [0, 0.05) is 5.56 Å². The number of benzene rings is 1. The molecule has 0 amide bonds. The number of rotatable bonds is 1. The van der Waals surface area contributed by atoms with Gasteiger partial charge in [-0.15, -0.1) is 15.4 Å². The van der Waals surface area contributed by atoms with Crippen molar-refractivity contribution in [3.63, 3.8) is 0 Å². The summed E-state index contributed by atoms with van der Waals surface area (Å²) in [6.45, 7) is 13.1. The summed E-state index contributed by atoms with van der Waals surface area (Å²) in [5.41, 5.74) is 0.736. The number of alkyl halides is 2. The predicted molar refractivity (Wildman–Crippen MR) is 74.0 cm³/mol. The number of halogens is 2. The van der Waals surface area contributed by atoms with Crippen molar-refractivity contribution in [1.82, 2.24) is 0 Å². The SMILES string of the molecule is C=CC.CC.CC(C)c1cccc2c1OC(F)(F)O2. The lowest BCUT2D eigenvalue weighted by Gasteiger charge is -2.08.